The topological polar surface area (TPSA) is 83.8 Å². The molecule has 0 atom stereocenters. The molecule has 0 bridgehead atoms. The number of halogens is 1. The second-order valence-corrected chi connectivity index (χ2v) is 8.85. The van der Waals surface area contributed by atoms with Crippen LogP contribution in [0.4, 0.5) is 5.82 Å². The Morgan fingerprint density at radius 1 is 1.00 bits per heavy atom. The predicted molar refractivity (Wildman–Crippen MR) is 129 cm³/mol. The molecule has 158 valence electrons. The number of nitrogens with one attached hydrogen (secondary N) is 1. The van der Waals surface area contributed by atoms with Gasteiger partial charge in [-0.25, -0.2) is 15.0 Å². The quantitative estimate of drug-likeness (QED) is 0.330. The summed E-state index contributed by atoms with van der Waals surface area (Å²) in [7, 11) is 0. The first-order chi connectivity index (χ1) is 15.6. The van der Waals surface area contributed by atoms with E-state index in [-0.39, 0.29) is 5.88 Å². The molecule has 0 aliphatic carbocycles. The van der Waals surface area contributed by atoms with Crippen LogP contribution < -0.4 is 5.32 Å². The van der Waals surface area contributed by atoms with Gasteiger partial charge in [0.2, 0.25) is 0 Å². The molecule has 8 heteroatoms. The van der Waals surface area contributed by atoms with E-state index in [4.69, 9.17) is 16.6 Å². The smallest absolute Gasteiger partial charge is 0.255 e. The molecular formula is C24H18ClN5OS. The summed E-state index contributed by atoms with van der Waals surface area (Å²) in [6.07, 6.45) is 3.48. The van der Waals surface area contributed by atoms with E-state index >= 15 is 0 Å². The highest BCUT2D eigenvalue weighted by molar-refractivity contribution is 7.15. The van der Waals surface area contributed by atoms with E-state index < -0.39 is 0 Å². The number of pyridine rings is 1. The molecule has 2 N–H and O–H groups in total. The number of aromatic nitrogens is 4. The standard InChI is InChI=1S/C24H18ClN5OS/c1-14-27-13-19(32-14)22-21(17-10-16-8-5-9-26-20(16)18(25)11-17)30-24(31)23(29-22)28-12-15-6-3-2-4-7-15/h2-11,13H,12H2,1H3,(H,28,29)(H,30,31). The molecule has 0 fully saturated rings. The molecule has 3 aromatic heterocycles. The third-order valence-corrected chi connectivity index (χ3v) is 6.17. The van der Waals surface area contributed by atoms with Crippen molar-refractivity contribution in [3.05, 3.63) is 82.6 Å². The lowest BCUT2D eigenvalue weighted by Gasteiger charge is -2.13. The molecule has 0 saturated carbocycles. The van der Waals surface area contributed by atoms with Crippen LogP contribution in [0, 0.1) is 6.92 Å². The maximum Gasteiger partial charge on any atom is 0.255 e. The summed E-state index contributed by atoms with van der Waals surface area (Å²) in [5, 5.41) is 16.2. The van der Waals surface area contributed by atoms with Gasteiger partial charge in [0.15, 0.2) is 5.82 Å². The van der Waals surface area contributed by atoms with Crippen LogP contribution in [-0.4, -0.2) is 25.0 Å². The lowest BCUT2D eigenvalue weighted by Crippen LogP contribution is -2.04. The summed E-state index contributed by atoms with van der Waals surface area (Å²) in [6, 6.07) is 17.5. The molecule has 2 aromatic carbocycles. The van der Waals surface area contributed by atoms with E-state index in [0.717, 1.165) is 26.4 Å². The minimum Gasteiger partial charge on any atom is -0.491 e. The van der Waals surface area contributed by atoms with Crippen molar-refractivity contribution in [1.29, 1.82) is 0 Å². The van der Waals surface area contributed by atoms with Crippen LogP contribution >= 0.6 is 22.9 Å². The average Bonchev–Trinajstić information content (AvgIpc) is 3.25. The summed E-state index contributed by atoms with van der Waals surface area (Å²) in [5.41, 5.74) is 3.69. The Labute approximate surface area is 193 Å². The van der Waals surface area contributed by atoms with Gasteiger partial charge in [-0.15, -0.1) is 11.3 Å². The molecule has 0 saturated heterocycles. The first-order valence-corrected chi connectivity index (χ1v) is 11.1. The van der Waals surface area contributed by atoms with E-state index in [1.54, 1.807) is 18.5 Å². The van der Waals surface area contributed by atoms with Crippen molar-refractivity contribution in [2.75, 3.05) is 5.32 Å². The fraction of sp³-hybridized carbons (Fsp3) is 0.0833. The fourth-order valence-corrected chi connectivity index (χ4v) is 4.50. The van der Waals surface area contributed by atoms with Gasteiger partial charge >= 0.3 is 0 Å². The molecule has 6 nitrogen and oxygen atoms in total. The van der Waals surface area contributed by atoms with Crippen LogP contribution in [0.15, 0.2) is 67.0 Å². The Bertz CT molecular complexity index is 1420. The maximum absolute atomic E-state index is 10.7. The second-order valence-electron chi connectivity index (χ2n) is 7.21. The van der Waals surface area contributed by atoms with Crippen LogP contribution in [0.25, 0.3) is 32.7 Å². The van der Waals surface area contributed by atoms with E-state index in [0.29, 0.717) is 34.3 Å². The van der Waals surface area contributed by atoms with Crippen molar-refractivity contribution in [1.82, 2.24) is 19.9 Å². The number of aryl methyl sites for hydroxylation is 1. The van der Waals surface area contributed by atoms with Gasteiger partial charge in [-0.1, -0.05) is 48.0 Å². The maximum atomic E-state index is 10.7. The Kier molecular flexibility index (Phi) is 5.43. The Balaban J connectivity index is 1.63. The van der Waals surface area contributed by atoms with Crippen LogP contribution in [0.2, 0.25) is 5.02 Å². The Morgan fingerprint density at radius 2 is 1.84 bits per heavy atom. The third kappa shape index (κ3) is 4.00. The van der Waals surface area contributed by atoms with Crippen LogP contribution in [0.5, 0.6) is 5.88 Å². The van der Waals surface area contributed by atoms with Crippen molar-refractivity contribution in [3.8, 4) is 27.7 Å². The highest BCUT2D eigenvalue weighted by Gasteiger charge is 2.19. The molecule has 0 radical (unpaired) electrons. The number of fused-ring (bicyclic) bond motifs is 1. The number of rotatable bonds is 5. The number of thiazole rings is 1. The molecule has 0 aliphatic rings. The summed E-state index contributed by atoms with van der Waals surface area (Å²) < 4.78 is 0. The van der Waals surface area contributed by atoms with Gasteiger partial charge in [-0.05, 0) is 30.7 Å². The van der Waals surface area contributed by atoms with Gasteiger partial charge in [0.05, 0.1) is 20.4 Å². The molecule has 0 spiro atoms. The first kappa shape index (κ1) is 20.4. The van der Waals surface area contributed by atoms with Gasteiger partial charge in [0, 0.05) is 29.9 Å². The minimum absolute atomic E-state index is 0.177. The zero-order valence-corrected chi connectivity index (χ0v) is 18.7. The van der Waals surface area contributed by atoms with E-state index in [1.165, 1.54) is 11.3 Å². The summed E-state index contributed by atoms with van der Waals surface area (Å²) in [4.78, 5) is 18.8. The summed E-state index contributed by atoms with van der Waals surface area (Å²) >= 11 is 8.03. The largest absolute Gasteiger partial charge is 0.491 e. The molecule has 0 unspecified atom stereocenters. The van der Waals surface area contributed by atoms with Crippen LogP contribution in [-0.2, 0) is 6.54 Å². The minimum atomic E-state index is -0.177. The van der Waals surface area contributed by atoms with Crippen molar-refractivity contribution >= 4 is 39.7 Å². The van der Waals surface area contributed by atoms with Crippen LogP contribution in [0.1, 0.15) is 10.6 Å². The SMILES string of the molecule is Cc1ncc(-c2nc(NCc3ccccc3)c(O)nc2-c2cc(Cl)c3ncccc3c2)s1. The van der Waals surface area contributed by atoms with Crippen LogP contribution in [0.3, 0.4) is 0 Å². The van der Waals surface area contributed by atoms with Crippen molar-refractivity contribution in [2.45, 2.75) is 13.5 Å². The molecule has 32 heavy (non-hydrogen) atoms. The van der Waals surface area contributed by atoms with Gasteiger partial charge in [0.25, 0.3) is 5.88 Å². The highest BCUT2D eigenvalue weighted by Crippen LogP contribution is 2.38. The molecule has 3 heterocycles. The zero-order chi connectivity index (χ0) is 22.1. The fourth-order valence-electron chi connectivity index (χ4n) is 3.46. The van der Waals surface area contributed by atoms with E-state index in [2.05, 4.69) is 20.3 Å². The summed E-state index contributed by atoms with van der Waals surface area (Å²) in [5.74, 6) is 0.135. The first-order valence-electron chi connectivity index (χ1n) is 9.95. The lowest BCUT2D eigenvalue weighted by molar-refractivity contribution is 0.454. The van der Waals surface area contributed by atoms with Gasteiger partial charge < -0.3 is 10.4 Å². The van der Waals surface area contributed by atoms with Gasteiger partial charge in [0.1, 0.15) is 11.4 Å². The molecule has 0 amide bonds. The Morgan fingerprint density at radius 3 is 2.62 bits per heavy atom. The van der Waals surface area contributed by atoms with Gasteiger partial charge in [-0.3, -0.25) is 4.98 Å². The number of hydrogen-bond donors (Lipinski definition) is 2. The van der Waals surface area contributed by atoms with E-state index in [1.807, 2.05) is 55.5 Å². The number of hydrogen-bond acceptors (Lipinski definition) is 7. The number of benzene rings is 2. The Hall–Kier alpha value is -3.55. The van der Waals surface area contributed by atoms with Crippen molar-refractivity contribution < 1.29 is 5.11 Å². The lowest BCUT2D eigenvalue weighted by atomic mass is 10.1. The summed E-state index contributed by atoms with van der Waals surface area (Å²) in [6.45, 7) is 2.45. The zero-order valence-electron chi connectivity index (χ0n) is 17.1. The molecule has 5 rings (SSSR count). The van der Waals surface area contributed by atoms with Gasteiger partial charge in [-0.2, -0.15) is 0 Å². The average molecular weight is 460 g/mol. The van der Waals surface area contributed by atoms with Crippen molar-refractivity contribution in [3.63, 3.8) is 0 Å². The highest BCUT2D eigenvalue weighted by atomic mass is 35.5. The normalized spacial score (nSPS) is 11.1. The molecular weight excluding hydrogens is 442 g/mol. The number of aromatic hydroxyl groups is 1. The predicted octanol–water partition coefficient (Wildman–Crippen LogP) is 6.09. The number of nitrogens with zero attached hydrogens (tertiary/aromatic N) is 4. The molecule has 5 aromatic rings. The second kappa shape index (κ2) is 8.53. The monoisotopic (exact) mass is 459 g/mol. The third-order valence-electron chi connectivity index (χ3n) is 4.97. The molecule has 0 aliphatic heterocycles. The number of anilines is 1. The van der Waals surface area contributed by atoms with Crippen molar-refractivity contribution in [2.24, 2.45) is 0 Å². The van der Waals surface area contributed by atoms with E-state index in [9.17, 15) is 5.11 Å².